The summed E-state index contributed by atoms with van der Waals surface area (Å²) < 4.78 is 92.2. The number of carbonyl (C=O) groups is 1. The minimum Gasteiger partial charge on any atom is -0.494 e. The fourth-order valence-corrected chi connectivity index (χ4v) is 2.35. The molecule has 1 aliphatic rings. The third-order valence-electron chi connectivity index (χ3n) is 3.31. The standard InChI is InChI=1S/C16H19ClF3NO2/c17-15(22)13-6-5-12(11-14(13)16(18,19)20)23-10-4-9-21-7-2-1-3-8-21/h5-6,11H,1-4,7-10H2/i4D,5D,6D,10D2,11D. The third kappa shape index (κ3) is 5.39. The van der Waals surface area contributed by atoms with Gasteiger partial charge in [-0.2, -0.15) is 13.2 Å². The summed E-state index contributed by atoms with van der Waals surface area (Å²) in [6.07, 6.45) is -4.02. The second-order valence-electron chi connectivity index (χ2n) is 5.01. The van der Waals surface area contributed by atoms with Crippen LogP contribution in [0.3, 0.4) is 0 Å². The minimum atomic E-state index is -5.26. The van der Waals surface area contributed by atoms with Gasteiger partial charge in [0, 0.05) is 13.5 Å². The average Bonchev–Trinajstić information content (AvgIpc) is 2.61. The lowest BCUT2D eigenvalue weighted by Crippen LogP contribution is -2.31. The number of nitrogens with zero attached hydrogens (tertiary/aromatic N) is 1. The van der Waals surface area contributed by atoms with Crippen LogP contribution in [0.1, 0.15) is 49.8 Å². The molecule has 0 saturated carbocycles. The SMILES string of the molecule is [2H]c1c([2H])c(C(=O)Cl)c(C(F)(F)F)c([2H])c1OC([2H])([2H])C([2H])CN1CCCCC1. The molecule has 0 bridgehead atoms. The van der Waals surface area contributed by atoms with Crippen molar-refractivity contribution >= 4 is 16.8 Å². The highest BCUT2D eigenvalue weighted by Gasteiger charge is 2.35. The summed E-state index contributed by atoms with van der Waals surface area (Å²) in [6.45, 7) is -1.59. The van der Waals surface area contributed by atoms with Gasteiger partial charge in [0.15, 0.2) is 0 Å². The quantitative estimate of drug-likeness (QED) is 0.711. The Hall–Kier alpha value is -1.27. The first kappa shape index (κ1) is 11.3. The van der Waals surface area contributed by atoms with E-state index in [1.54, 1.807) is 0 Å². The summed E-state index contributed by atoms with van der Waals surface area (Å²) in [4.78, 5) is 13.2. The second kappa shape index (κ2) is 8.02. The maximum atomic E-state index is 13.4. The van der Waals surface area contributed by atoms with Crippen molar-refractivity contribution in [3.63, 3.8) is 0 Å². The first-order chi connectivity index (χ1) is 13.3. The van der Waals surface area contributed by atoms with Crippen LogP contribution >= 0.6 is 11.6 Å². The molecule has 0 N–H and O–H groups in total. The first-order valence-corrected chi connectivity index (χ1v) is 7.39. The van der Waals surface area contributed by atoms with Crippen molar-refractivity contribution in [1.82, 2.24) is 4.90 Å². The highest BCUT2D eigenvalue weighted by molar-refractivity contribution is 6.67. The van der Waals surface area contributed by atoms with E-state index in [1.165, 1.54) is 0 Å². The molecule has 1 saturated heterocycles. The molecular formula is C16H19ClF3NO2. The molecule has 7 heteroatoms. The fraction of sp³-hybridized carbons (Fsp3) is 0.562. The largest absolute Gasteiger partial charge is 0.494 e. The molecule has 0 amide bonds. The Morgan fingerprint density at radius 1 is 1.35 bits per heavy atom. The molecule has 128 valence electrons. The topological polar surface area (TPSA) is 29.5 Å². The lowest BCUT2D eigenvalue weighted by Gasteiger charge is -2.26. The molecule has 2 rings (SSSR count). The van der Waals surface area contributed by atoms with Gasteiger partial charge in [-0.05, 0) is 62.1 Å². The van der Waals surface area contributed by atoms with Crippen LogP contribution in [0.2, 0.25) is 0 Å². The normalized spacial score (nSPS) is 22.1. The zero-order valence-corrected chi connectivity index (χ0v) is 12.9. The predicted octanol–water partition coefficient (Wildman–Crippen LogP) is 4.34. The smallest absolute Gasteiger partial charge is 0.417 e. The van der Waals surface area contributed by atoms with Crippen LogP contribution in [0.4, 0.5) is 13.2 Å². The molecule has 1 unspecified atom stereocenters. The Bertz CT molecular complexity index is 787. The van der Waals surface area contributed by atoms with Gasteiger partial charge in [-0.15, -0.1) is 0 Å². The molecular weight excluding hydrogens is 331 g/mol. The molecule has 1 aromatic rings. The van der Waals surface area contributed by atoms with E-state index in [2.05, 4.69) is 0 Å². The summed E-state index contributed by atoms with van der Waals surface area (Å²) >= 11 is 5.13. The monoisotopic (exact) mass is 355 g/mol. The summed E-state index contributed by atoms with van der Waals surface area (Å²) in [5, 5.41) is -1.66. The van der Waals surface area contributed by atoms with E-state index in [0.29, 0.717) is 13.1 Å². The fourth-order valence-electron chi connectivity index (χ4n) is 2.21. The summed E-state index contributed by atoms with van der Waals surface area (Å²) in [7, 11) is 0. The van der Waals surface area contributed by atoms with E-state index in [9.17, 15) is 18.0 Å². The molecule has 1 heterocycles. The Morgan fingerprint density at radius 2 is 2.04 bits per heavy atom. The number of alkyl halides is 3. The first-order valence-electron chi connectivity index (χ1n) is 10.1. The van der Waals surface area contributed by atoms with Crippen molar-refractivity contribution in [3.05, 3.63) is 29.3 Å². The van der Waals surface area contributed by atoms with Crippen LogP contribution in [0.15, 0.2) is 18.1 Å². The Balaban J connectivity index is 2.43. The van der Waals surface area contributed by atoms with Gasteiger partial charge in [0.2, 0.25) is 0 Å². The number of benzene rings is 1. The Kier molecular flexibility index (Phi) is 3.94. The lowest BCUT2D eigenvalue weighted by molar-refractivity contribution is -0.138. The lowest BCUT2D eigenvalue weighted by atomic mass is 10.1. The zero-order chi connectivity index (χ0) is 22.1. The molecule has 3 nitrogen and oxygen atoms in total. The molecule has 23 heavy (non-hydrogen) atoms. The molecule has 1 aliphatic heterocycles. The number of likely N-dealkylation sites (tertiary alicyclic amines) is 1. The molecule has 1 atom stereocenters. The van der Waals surface area contributed by atoms with Gasteiger partial charge in [0.25, 0.3) is 5.24 Å². The maximum Gasteiger partial charge on any atom is 0.417 e. The van der Waals surface area contributed by atoms with E-state index in [4.69, 9.17) is 24.6 Å². The van der Waals surface area contributed by atoms with Crippen LogP contribution in [0, 0.1) is 0 Å². The molecule has 1 aromatic carbocycles. The third-order valence-corrected chi connectivity index (χ3v) is 3.50. The van der Waals surface area contributed by atoms with Gasteiger partial charge in [-0.1, -0.05) is 6.42 Å². The summed E-state index contributed by atoms with van der Waals surface area (Å²) in [6, 6.07) is -3.78. The highest BCUT2D eigenvalue weighted by atomic mass is 35.5. The number of hydrogen-bond donors (Lipinski definition) is 0. The van der Waals surface area contributed by atoms with Crippen molar-refractivity contribution in [1.29, 1.82) is 0 Å². The molecule has 0 aromatic heterocycles. The van der Waals surface area contributed by atoms with Gasteiger partial charge in [-0.25, -0.2) is 0 Å². The van der Waals surface area contributed by atoms with E-state index in [1.807, 2.05) is 4.90 Å². The van der Waals surface area contributed by atoms with Gasteiger partial charge in [-0.3, -0.25) is 4.79 Å². The van der Waals surface area contributed by atoms with E-state index in [0.717, 1.165) is 19.3 Å². The number of carbonyl (C=O) groups excluding carboxylic acids is 1. The molecule has 0 spiro atoms. The maximum absolute atomic E-state index is 13.4. The van der Waals surface area contributed by atoms with Crippen LogP contribution in [-0.2, 0) is 6.18 Å². The minimum absolute atomic E-state index is 0.0498. The van der Waals surface area contributed by atoms with Crippen molar-refractivity contribution in [3.8, 4) is 5.75 Å². The van der Waals surface area contributed by atoms with Crippen LogP contribution in [-0.4, -0.2) is 36.3 Å². The number of hydrogen-bond acceptors (Lipinski definition) is 3. The van der Waals surface area contributed by atoms with Gasteiger partial charge in [0.05, 0.1) is 19.0 Å². The predicted molar refractivity (Wildman–Crippen MR) is 82.0 cm³/mol. The Labute approximate surface area is 146 Å². The van der Waals surface area contributed by atoms with Crippen LogP contribution in [0.25, 0.3) is 0 Å². The molecule has 1 fully saturated rings. The van der Waals surface area contributed by atoms with E-state index >= 15 is 0 Å². The van der Waals surface area contributed by atoms with E-state index in [-0.39, 0.29) is 6.54 Å². The second-order valence-corrected chi connectivity index (χ2v) is 5.35. The van der Waals surface area contributed by atoms with Crippen molar-refractivity contribution < 1.29 is 30.9 Å². The highest BCUT2D eigenvalue weighted by Crippen LogP contribution is 2.35. The van der Waals surface area contributed by atoms with Crippen molar-refractivity contribution in [2.45, 2.75) is 31.8 Å². The summed E-state index contributed by atoms with van der Waals surface area (Å²) in [5.41, 5.74) is -3.24. The Morgan fingerprint density at radius 3 is 2.65 bits per heavy atom. The molecule has 0 aliphatic carbocycles. The van der Waals surface area contributed by atoms with Crippen molar-refractivity contribution in [2.75, 3.05) is 26.2 Å². The van der Waals surface area contributed by atoms with Crippen molar-refractivity contribution in [2.24, 2.45) is 0 Å². The van der Waals surface area contributed by atoms with Gasteiger partial charge < -0.3 is 9.64 Å². The molecule has 0 radical (unpaired) electrons. The summed E-state index contributed by atoms with van der Waals surface area (Å²) in [5.74, 6) is -1.16. The number of rotatable bonds is 6. The number of piperidine rings is 1. The average molecular weight is 356 g/mol. The zero-order valence-electron chi connectivity index (χ0n) is 18.1. The van der Waals surface area contributed by atoms with Crippen LogP contribution < -0.4 is 4.74 Å². The van der Waals surface area contributed by atoms with Crippen LogP contribution in [0.5, 0.6) is 5.75 Å². The number of halogens is 4. The number of ether oxygens (including phenoxy) is 1. The van der Waals surface area contributed by atoms with Gasteiger partial charge in [0.1, 0.15) is 5.75 Å². The van der Waals surface area contributed by atoms with E-state index < -0.39 is 59.4 Å². The van der Waals surface area contributed by atoms with Gasteiger partial charge >= 0.3 is 6.18 Å².